The third-order valence-corrected chi connectivity index (χ3v) is 5.24. The molecule has 3 rings (SSSR count). The molecule has 1 fully saturated rings. The topological polar surface area (TPSA) is 66.8 Å². The number of benzene rings is 1. The monoisotopic (exact) mass is 386 g/mol. The Morgan fingerprint density at radius 2 is 2.15 bits per heavy atom. The van der Waals surface area contributed by atoms with E-state index >= 15 is 0 Å². The zero-order chi connectivity index (χ0) is 18.9. The number of aromatic nitrogens is 1. The van der Waals surface area contributed by atoms with Gasteiger partial charge in [0.25, 0.3) is 0 Å². The smallest absolute Gasteiger partial charge is 0.311 e. The van der Waals surface area contributed by atoms with Gasteiger partial charge >= 0.3 is 5.97 Å². The minimum absolute atomic E-state index is 0.189. The van der Waals surface area contributed by atoms with Crippen molar-refractivity contribution in [1.82, 2.24) is 9.88 Å². The van der Waals surface area contributed by atoms with E-state index in [9.17, 15) is 4.79 Å². The Labute approximate surface area is 164 Å². The van der Waals surface area contributed by atoms with Crippen molar-refractivity contribution < 1.29 is 9.53 Å². The summed E-state index contributed by atoms with van der Waals surface area (Å²) >= 11 is 1.43. The number of likely N-dealkylation sites (tertiary alicyclic amines) is 1. The molecule has 1 aliphatic rings. The summed E-state index contributed by atoms with van der Waals surface area (Å²) in [6, 6.07) is 8.35. The van der Waals surface area contributed by atoms with Crippen LogP contribution < -0.4 is 5.43 Å². The molecule has 0 unspecified atom stereocenters. The molecule has 2 aromatic rings. The second-order valence-electron chi connectivity index (χ2n) is 6.53. The Balaban J connectivity index is 1.57. The fourth-order valence-electron chi connectivity index (χ4n) is 3.12. The Hall–Kier alpha value is -2.25. The summed E-state index contributed by atoms with van der Waals surface area (Å²) < 4.78 is 4.94. The van der Waals surface area contributed by atoms with Crippen LogP contribution in [0.4, 0.5) is 5.13 Å². The molecule has 0 radical (unpaired) electrons. The van der Waals surface area contributed by atoms with Gasteiger partial charge in [-0.05, 0) is 44.0 Å². The van der Waals surface area contributed by atoms with Crippen LogP contribution in [-0.2, 0) is 22.5 Å². The molecule has 1 saturated heterocycles. The second kappa shape index (κ2) is 10.2. The molecule has 0 aliphatic carbocycles. The molecule has 6 nitrogen and oxygen atoms in total. The number of rotatable bonds is 8. The van der Waals surface area contributed by atoms with Gasteiger partial charge in [0, 0.05) is 11.9 Å². The van der Waals surface area contributed by atoms with Crippen molar-refractivity contribution in [3.8, 4) is 0 Å². The van der Waals surface area contributed by atoms with Crippen molar-refractivity contribution in [2.24, 2.45) is 5.10 Å². The van der Waals surface area contributed by atoms with Gasteiger partial charge in [0.2, 0.25) is 5.13 Å². The average molecular weight is 387 g/mol. The summed E-state index contributed by atoms with van der Waals surface area (Å²) in [7, 11) is 0. The Morgan fingerprint density at radius 3 is 2.96 bits per heavy atom. The van der Waals surface area contributed by atoms with Gasteiger partial charge in [0.15, 0.2) is 0 Å². The van der Waals surface area contributed by atoms with Crippen LogP contribution in [0.2, 0.25) is 0 Å². The van der Waals surface area contributed by atoms with Crippen molar-refractivity contribution >= 4 is 28.7 Å². The van der Waals surface area contributed by atoms with Crippen molar-refractivity contribution in [2.45, 2.75) is 39.2 Å². The lowest BCUT2D eigenvalue weighted by molar-refractivity contribution is -0.142. The number of thiazole rings is 1. The van der Waals surface area contributed by atoms with Crippen molar-refractivity contribution in [2.75, 3.05) is 25.1 Å². The van der Waals surface area contributed by atoms with Gasteiger partial charge in [-0.25, -0.2) is 4.98 Å². The van der Waals surface area contributed by atoms with E-state index in [1.54, 1.807) is 6.92 Å². The number of esters is 1. The zero-order valence-electron chi connectivity index (χ0n) is 15.7. The molecule has 0 saturated carbocycles. The molecule has 1 aliphatic heterocycles. The number of carbonyl (C=O) groups is 1. The maximum Gasteiger partial charge on any atom is 0.311 e. The van der Waals surface area contributed by atoms with Crippen molar-refractivity contribution in [3.63, 3.8) is 0 Å². The Kier molecular flexibility index (Phi) is 7.36. The number of ether oxygens (including phenoxy) is 1. The molecule has 1 aromatic heterocycles. The SMILES string of the molecule is CCOC(=O)Cc1csc(NN=Cc2ccccc2CN2CCCCC2)n1. The minimum Gasteiger partial charge on any atom is -0.466 e. The van der Waals surface area contributed by atoms with Crippen LogP contribution >= 0.6 is 11.3 Å². The number of hydrogen-bond donors (Lipinski definition) is 1. The Morgan fingerprint density at radius 1 is 1.33 bits per heavy atom. The van der Waals surface area contributed by atoms with Gasteiger partial charge in [-0.1, -0.05) is 30.7 Å². The predicted molar refractivity (Wildman–Crippen MR) is 109 cm³/mol. The van der Waals surface area contributed by atoms with Crippen LogP contribution in [0.25, 0.3) is 0 Å². The van der Waals surface area contributed by atoms with E-state index in [0.717, 1.165) is 12.1 Å². The number of carbonyl (C=O) groups excluding carboxylic acids is 1. The minimum atomic E-state index is -0.260. The maximum atomic E-state index is 11.5. The van der Waals surface area contributed by atoms with Gasteiger partial charge in [-0.3, -0.25) is 15.1 Å². The van der Waals surface area contributed by atoms with E-state index < -0.39 is 0 Å². The maximum absolute atomic E-state index is 11.5. The molecule has 0 spiro atoms. The van der Waals surface area contributed by atoms with Gasteiger partial charge in [-0.15, -0.1) is 11.3 Å². The van der Waals surface area contributed by atoms with Crippen LogP contribution in [0.5, 0.6) is 0 Å². The number of nitrogens with one attached hydrogen (secondary N) is 1. The first-order valence-electron chi connectivity index (χ1n) is 9.44. The van der Waals surface area contributed by atoms with Gasteiger partial charge < -0.3 is 4.74 Å². The largest absolute Gasteiger partial charge is 0.466 e. The van der Waals surface area contributed by atoms with E-state index in [2.05, 4.69) is 38.6 Å². The molecule has 144 valence electrons. The summed E-state index contributed by atoms with van der Waals surface area (Å²) in [5, 5.41) is 6.84. The van der Waals surface area contributed by atoms with Gasteiger partial charge in [0.1, 0.15) is 0 Å². The number of piperidine rings is 1. The predicted octanol–water partition coefficient (Wildman–Crippen LogP) is 3.68. The van der Waals surface area contributed by atoms with E-state index in [1.165, 1.54) is 49.3 Å². The zero-order valence-corrected chi connectivity index (χ0v) is 16.5. The molecule has 27 heavy (non-hydrogen) atoms. The molecule has 0 atom stereocenters. The van der Waals surface area contributed by atoms with Crippen LogP contribution in [0.3, 0.4) is 0 Å². The second-order valence-corrected chi connectivity index (χ2v) is 7.39. The van der Waals surface area contributed by atoms with Crippen molar-refractivity contribution in [1.29, 1.82) is 0 Å². The summed E-state index contributed by atoms with van der Waals surface area (Å²) in [6.07, 6.45) is 5.95. The van der Waals surface area contributed by atoms with E-state index in [1.807, 2.05) is 17.7 Å². The molecule has 0 bridgehead atoms. The molecular formula is C20H26N4O2S. The third kappa shape index (κ3) is 6.15. The van der Waals surface area contributed by atoms with Gasteiger partial charge in [0.05, 0.1) is 24.9 Å². The van der Waals surface area contributed by atoms with Crippen LogP contribution in [0.1, 0.15) is 43.0 Å². The molecule has 1 N–H and O–H groups in total. The first kappa shape index (κ1) is 19.5. The van der Waals surface area contributed by atoms with Crippen LogP contribution in [0, 0.1) is 0 Å². The van der Waals surface area contributed by atoms with Gasteiger partial charge in [-0.2, -0.15) is 5.10 Å². The normalized spacial score (nSPS) is 15.1. The molecule has 2 heterocycles. The summed E-state index contributed by atoms with van der Waals surface area (Å²) in [4.78, 5) is 18.4. The average Bonchev–Trinajstić information content (AvgIpc) is 3.11. The van der Waals surface area contributed by atoms with E-state index in [-0.39, 0.29) is 12.4 Å². The number of anilines is 1. The number of hydrogen-bond acceptors (Lipinski definition) is 7. The first-order chi connectivity index (χ1) is 13.2. The van der Waals surface area contributed by atoms with E-state index in [4.69, 9.17) is 4.74 Å². The third-order valence-electron chi connectivity index (χ3n) is 4.44. The summed E-state index contributed by atoms with van der Waals surface area (Å²) in [5.74, 6) is -0.260. The van der Waals surface area contributed by atoms with Crippen molar-refractivity contribution in [3.05, 3.63) is 46.5 Å². The van der Waals surface area contributed by atoms with E-state index in [0.29, 0.717) is 17.4 Å². The molecule has 7 heteroatoms. The highest BCUT2D eigenvalue weighted by molar-refractivity contribution is 7.13. The first-order valence-corrected chi connectivity index (χ1v) is 10.3. The van der Waals surface area contributed by atoms with Crippen LogP contribution in [0.15, 0.2) is 34.7 Å². The lowest BCUT2D eigenvalue weighted by atomic mass is 10.1. The quantitative estimate of drug-likeness (QED) is 0.426. The molecule has 0 amide bonds. The highest BCUT2D eigenvalue weighted by Gasteiger charge is 2.12. The molecular weight excluding hydrogens is 360 g/mol. The number of hydrazone groups is 1. The lowest BCUT2D eigenvalue weighted by Gasteiger charge is -2.26. The fourth-order valence-corrected chi connectivity index (χ4v) is 3.78. The number of nitrogens with zero attached hydrogens (tertiary/aromatic N) is 3. The summed E-state index contributed by atoms with van der Waals surface area (Å²) in [5.41, 5.74) is 6.05. The lowest BCUT2D eigenvalue weighted by Crippen LogP contribution is -2.29. The fraction of sp³-hybridized carbons (Fsp3) is 0.450. The highest BCUT2D eigenvalue weighted by atomic mass is 32.1. The Bertz CT molecular complexity index is 769. The summed E-state index contributed by atoms with van der Waals surface area (Å²) in [6.45, 7) is 5.49. The highest BCUT2D eigenvalue weighted by Crippen LogP contribution is 2.17. The standard InChI is InChI=1S/C20H26N4O2S/c1-2-26-19(25)12-18-15-27-20(22-18)23-21-13-16-8-4-5-9-17(16)14-24-10-6-3-7-11-24/h4-5,8-9,13,15H,2-3,6-7,10-12,14H2,1H3,(H,22,23). The van der Waals surface area contributed by atoms with Crippen LogP contribution in [-0.4, -0.2) is 41.8 Å². The molecule has 1 aromatic carbocycles.